The molecule has 0 amide bonds. The summed E-state index contributed by atoms with van der Waals surface area (Å²) in [7, 11) is 0. The summed E-state index contributed by atoms with van der Waals surface area (Å²) >= 11 is 0. The van der Waals surface area contributed by atoms with Crippen molar-refractivity contribution in [1.29, 1.82) is 5.26 Å². The predicted octanol–water partition coefficient (Wildman–Crippen LogP) is 12.2. The second kappa shape index (κ2) is 15.7. The second-order valence-electron chi connectivity index (χ2n) is 15.1. The van der Waals surface area contributed by atoms with Crippen molar-refractivity contribution < 1.29 is 24.5 Å². The Labute approximate surface area is 331 Å². The van der Waals surface area contributed by atoms with E-state index in [1.807, 2.05) is 79.0 Å². The monoisotopic (exact) mass is 881 g/mol. The SMILES string of the molecule is CC(C)(C)c1cc(-c2[c-]ccc3c2oc2c(-c4ccc(-c5ccccc5)cc4)c(C#N)ccc23)ncn1.CC(C)(C)c1ccc(-c2[c-]cccc2)nc1.[Ir]. The van der Waals surface area contributed by atoms with Crippen LogP contribution in [-0.4, -0.2) is 15.0 Å². The Morgan fingerprint density at radius 3 is 1.96 bits per heavy atom. The molecule has 5 nitrogen and oxygen atoms in total. The van der Waals surface area contributed by atoms with Gasteiger partial charge in [0.1, 0.15) is 11.9 Å². The number of nitriles is 1. The van der Waals surface area contributed by atoms with E-state index in [0.717, 1.165) is 61.2 Å². The molecule has 0 unspecified atom stereocenters. The average molecular weight is 881 g/mol. The standard InChI is InChI=1S/C33H24N3O.C15H16N.Ir/c1-33(2,3)29-18-28(35-20-36-29)27-11-7-10-25-26-17-16-24(19-34)30(32(26)37-31(25)27)23-14-12-22(13-15-23)21-8-5-4-6-9-21;1-15(2,3)13-9-10-14(16-11-13)12-7-5-4-6-8-12;/h4-10,12-18,20H,1-3H3;4-7,9-11H,1-3H3;/q2*-1;. The van der Waals surface area contributed by atoms with Gasteiger partial charge in [0.2, 0.25) is 0 Å². The Hall–Kier alpha value is -5.73. The van der Waals surface area contributed by atoms with E-state index >= 15 is 0 Å². The maximum atomic E-state index is 9.97. The third-order valence-corrected chi connectivity index (χ3v) is 9.31. The van der Waals surface area contributed by atoms with Gasteiger partial charge in [-0.25, -0.2) is 4.98 Å². The number of nitrogens with zero attached hydrogens (tertiary/aromatic N) is 4. The van der Waals surface area contributed by atoms with Gasteiger partial charge in [-0.15, -0.1) is 54.1 Å². The van der Waals surface area contributed by atoms with E-state index in [9.17, 15) is 5.26 Å². The van der Waals surface area contributed by atoms with Crippen LogP contribution >= 0.6 is 0 Å². The first kappa shape index (κ1) is 38.0. The molecule has 8 aromatic rings. The zero-order chi connectivity index (χ0) is 37.2. The molecule has 54 heavy (non-hydrogen) atoms. The Kier molecular flexibility index (Phi) is 11.1. The molecule has 3 heterocycles. The van der Waals surface area contributed by atoms with E-state index in [0.29, 0.717) is 16.7 Å². The molecule has 0 aliphatic rings. The molecule has 3 aromatic heterocycles. The third-order valence-electron chi connectivity index (χ3n) is 9.31. The average Bonchev–Trinajstić information content (AvgIpc) is 3.57. The van der Waals surface area contributed by atoms with E-state index in [2.05, 4.69) is 123 Å². The molecule has 0 fully saturated rings. The van der Waals surface area contributed by atoms with Crippen molar-refractivity contribution in [3.63, 3.8) is 0 Å². The van der Waals surface area contributed by atoms with Crippen LogP contribution in [-0.2, 0) is 30.9 Å². The van der Waals surface area contributed by atoms with Gasteiger partial charge in [0, 0.05) is 48.4 Å². The zero-order valence-electron chi connectivity index (χ0n) is 31.2. The maximum Gasteiger partial charge on any atom is 0.130 e. The Balaban J connectivity index is 0.000000246. The van der Waals surface area contributed by atoms with Crippen LogP contribution in [0.2, 0.25) is 0 Å². The van der Waals surface area contributed by atoms with Gasteiger partial charge in [0.15, 0.2) is 0 Å². The molecule has 0 aliphatic carbocycles. The van der Waals surface area contributed by atoms with Crippen molar-refractivity contribution in [2.75, 3.05) is 0 Å². The number of benzene rings is 5. The summed E-state index contributed by atoms with van der Waals surface area (Å²) in [4.78, 5) is 13.5. The van der Waals surface area contributed by atoms with Gasteiger partial charge in [-0.3, -0.25) is 4.98 Å². The minimum absolute atomic E-state index is 0. The second-order valence-corrected chi connectivity index (χ2v) is 15.1. The van der Waals surface area contributed by atoms with Gasteiger partial charge in [0.05, 0.1) is 17.2 Å². The van der Waals surface area contributed by atoms with Crippen LogP contribution < -0.4 is 0 Å². The summed E-state index contributed by atoms with van der Waals surface area (Å²) < 4.78 is 6.56. The number of aromatic nitrogens is 3. The van der Waals surface area contributed by atoms with Gasteiger partial charge in [-0.2, -0.15) is 5.26 Å². The third kappa shape index (κ3) is 7.94. The molecule has 0 bridgehead atoms. The van der Waals surface area contributed by atoms with E-state index in [-0.39, 0.29) is 30.9 Å². The van der Waals surface area contributed by atoms with Gasteiger partial charge in [0.25, 0.3) is 0 Å². The summed E-state index contributed by atoms with van der Waals surface area (Å²) in [5.41, 5.74) is 11.8. The van der Waals surface area contributed by atoms with Crippen LogP contribution in [0.3, 0.4) is 0 Å². The van der Waals surface area contributed by atoms with Crippen molar-refractivity contribution in [1.82, 2.24) is 15.0 Å². The van der Waals surface area contributed by atoms with Gasteiger partial charge in [-0.05, 0) is 45.1 Å². The fourth-order valence-corrected chi connectivity index (χ4v) is 6.29. The molecule has 0 aliphatic heterocycles. The van der Waals surface area contributed by atoms with Gasteiger partial charge >= 0.3 is 0 Å². The molecular formula is C48H40IrN4O-2. The van der Waals surface area contributed by atoms with Crippen LogP contribution in [0.4, 0.5) is 0 Å². The number of pyridine rings is 1. The number of hydrogen-bond donors (Lipinski definition) is 0. The summed E-state index contributed by atoms with van der Waals surface area (Å²) in [5, 5.41) is 11.9. The number of furan rings is 1. The molecule has 5 aromatic carbocycles. The zero-order valence-corrected chi connectivity index (χ0v) is 33.6. The van der Waals surface area contributed by atoms with E-state index in [4.69, 9.17) is 4.42 Å². The number of rotatable bonds is 4. The predicted molar refractivity (Wildman–Crippen MR) is 215 cm³/mol. The molecule has 269 valence electrons. The van der Waals surface area contributed by atoms with Crippen LogP contribution in [0.5, 0.6) is 0 Å². The molecule has 6 heteroatoms. The Bertz CT molecular complexity index is 2560. The summed E-state index contributed by atoms with van der Waals surface area (Å²) in [6, 6.07) is 49.3. The van der Waals surface area contributed by atoms with Crippen molar-refractivity contribution >= 4 is 21.9 Å². The maximum absolute atomic E-state index is 9.97. The molecule has 0 saturated carbocycles. The van der Waals surface area contributed by atoms with Crippen LogP contribution in [0.25, 0.3) is 66.7 Å². The Morgan fingerprint density at radius 1 is 0.611 bits per heavy atom. The minimum Gasteiger partial charge on any atom is -0.500 e. The van der Waals surface area contributed by atoms with E-state index < -0.39 is 0 Å². The molecule has 0 saturated heterocycles. The smallest absolute Gasteiger partial charge is 0.130 e. The molecule has 0 spiro atoms. The molecule has 1 radical (unpaired) electrons. The number of fused-ring (bicyclic) bond motifs is 3. The number of hydrogen-bond acceptors (Lipinski definition) is 5. The van der Waals surface area contributed by atoms with Gasteiger partial charge < -0.3 is 9.40 Å². The first-order valence-electron chi connectivity index (χ1n) is 17.7. The van der Waals surface area contributed by atoms with E-state index in [1.54, 1.807) is 6.33 Å². The van der Waals surface area contributed by atoms with Gasteiger partial charge in [-0.1, -0.05) is 131 Å². The normalized spacial score (nSPS) is 11.4. The molecule has 0 N–H and O–H groups in total. The Morgan fingerprint density at radius 2 is 1.31 bits per heavy atom. The quantitative estimate of drug-likeness (QED) is 0.165. The molecule has 8 rings (SSSR count). The molecule has 0 atom stereocenters. The fourth-order valence-electron chi connectivity index (χ4n) is 6.29. The van der Waals surface area contributed by atoms with Crippen molar-refractivity contribution in [2.24, 2.45) is 0 Å². The summed E-state index contributed by atoms with van der Waals surface area (Å²) in [6.07, 6.45) is 3.55. The van der Waals surface area contributed by atoms with Crippen molar-refractivity contribution in [3.05, 3.63) is 163 Å². The largest absolute Gasteiger partial charge is 0.500 e. The molecular weight excluding hydrogens is 841 g/mol. The van der Waals surface area contributed by atoms with Crippen LogP contribution in [0.15, 0.2) is 138 Å². The van der Waals surface area contributed by atoms with Crippen molar-refractivity contribution in [3.8, 4) is 50.8 Å². The fraction of sp³-hybridized carbons (Fsp3) is 0.167. The first-order valence-corrected chi connectivity index (χ1v) is 17.7. The topological polar surface area (TPSA) is 75.6 Å². The van der Waals surface area contributed by atoms with Crippen molar-refractivity contribution in [2.45, 2.75) is 52.4 Å². The summed E-state index contributed by atoms with van der Waals surface area (Å²) in [6.45, 7) is 13.0. The first-order chi connectivity index (χ1) is 25.5. The van der Waals surface area contributed by atoms with Crippen LogP contribution in [0.1, 0.15) is 58.4 Å². The minimum atomic E-state index is -0.111. The summed E-state index contributed by atoms with van der Waals surface area (Å²) in [5.74, 6) is 0. The van der Waals surface area contributed by atoms with E-state index in [1.165, 1.54) is 5.56 Å². The van der Waals surface area contributed by atoms with Crippen LogP contribution in [0, 0.1) is 23.5 Å².